The van der Waals surface area contributed by atoms with Gasteiger partial charge in [0.15, 0.2) is 0 Å². The summed E-state index contributed by atoms with van der Waals surface area (Å²) in [5.41, 5.74) is 1.21. The SMILES string of the molecule is COc1ccccc1CCN=Cc1cccs1. The molecule has 0 unspecified atom stereocenters. The van der Waals surface area contributed by atoms with E-state index in [-0.39, 0.29) is 0 Å². The van der Waals surface area contributed by atoms with Gasteiger partial charge in [-0.3, -0.25) is 4.99 Å². The summed E-state index contributed by atoms with van der Waals surface area (Å²) in [4.78, 5) is 5.61. The lowest BCUT2D eigenvalue weighted by Gasteiger charge is -2.05. The Morgan fingerprint density at radius 1 is 1.24 bits per heavy atom. The number of hydrogen-bond acceptors (Lipinski definition) is 3. The first-order chi connectivity index (χ1) is 8.40. The van der Waals surface area contributed by atoms with Crippen molar-refractivity contribution in [3.8, 4) is 5.75 Å². The van der Waals surface area contributed by atoms with Crippen LogP contribution in [0.25, 0.3) is 0 Å². The van der Waals surface area contributed by atoms with Gasteiger partial charge in [-0.15, -0.1) is 11.3 Å². The minimum absolute atomic E-state index is 0.790. The topological polar surface area (TPSA) is 21.6 Å². The second-order valence-electron chi connectivity index (χ2n) is 3.61. The van der Waals surface area contributed by atoms with E-state index in [4.69, 9.17) is 4.74 Å². The Labute approximate surface area is 106 Å². The zero-order chi connectivity index (χ0) is 11.9. The molecule has 1 aromatic heterocycles. The number of aliphatic imine (C=N–C) groups is 1. The maximum absolute atomic E-state index is 5.30. The first kappa shape index (κ1) is 11.9. The summed E-state index contributed by atoms with van der Waals surface area (Å²) in [6, 6.07) is 12.2. The summed E-state index contributed by atoms with van der Waals surface area (Å²) < 4.78 is 5.30. The van der Waals surface area contributed by atoms with Crippen molar-refractivity contribution in [1.29, 1.82) is 0 Å². The second-order valence-corrected chi connectivity index (χ2v) is 4.59. The lowest BCUT2D eigenvalue weighted by molar-refractivity contribution is 0.410. The Bertz CT molecular complexity index is 477. The van der Waals surface area contributed by atoms with Gasteiger partial charge in [0.05, 0.1) is 7.11 Å². The highest BCUT2D eigenvalue weighted by Gasteiger charge is 1.99. The van der Waals surface area contributed by atoms with Crippen LogP contribution in [0, 0.1) is 0 Å². The monoisotopic (exact) mass is 245 g/mol. The van der Waals surface area contributed by atoms with Gasteiger partial charge in [0.2, 0.25) is 0 Å². The van der Waals surface area contributed by atoms with Gasteiger partial charge in [-0.2, -0.15) is 0 Å². The van der Waals surface area contributed by atoms with E-state index in [1.807, 2.05) is 30.5 Å². The molecule has 1 heterocycles. The Morgan fingerprint density at radius 2 is 2.12 bits per heavy atom. The normalized spacial score (nSPS) is 10.9. The van der Waals surface area contributed by atoms with Gasteiger partial charge in [0, 0.05) is 17.6 Å². The van der Waals surface area contributed by atoms with Gasteiger partial charge in [0.1, 0.15) is 5.75 Å². The van der Waals surface area contributed by atoms with Crippen LogP contribution in [0.2, 0.25) is 0 Å². The van der Waals surface area contributed by atoms with Crippen LogP contribution >= 0.6 is 11.3 Å². The summed E-state index contributed by atoms with van der Waals surface area (Å²) in [6.45, 7) is 0.790. The number of methoxy groups -OCH3 is 1. The fraction of sp³-hybridized carbons (Fsp3) is 0.214. The van der Waals surface area contributed by atoms with Crippen LogP contribution in [-0.4, -0.2) is 19.9 Å². The third-order valence-electron chi connectivity index (χ3n) is 2.46. The molecule has 2 nitrogen and oxygen atoms in total. The Morgan fingerprint density at radius 3 is 2.88 bits per heavy atom. The van der Waals surface area contributed by atoms with Crippen LogP contribution < -0.4 is 4.74 Å². The number of rotatable bonds is 5. The fourth-order valence-corrected chi connectivity index (χ4v) is 2.22. The van der Waals surface area contributed by atoms with Crippen molar-refractivity contribution in [3.63, 3.8) is 0 Å². The molecule has 0 saturated carbocycles. The molecular formula is C14H15NOS. The molecule has 3 heteroatoms. The summed E-state index contributed by atoms with van der Waals surface area (Å²) in [5, 5.41) is 2.06. The molecule has 0 amide bonds. The van der Waals surface area contributed by atoms with Crippen LogP contribution in [0.1, 0.15) is 10.4 Å². The van der Waals surface area contributed by atoms with Crippen LogP contribution in [0.4, 0.5) is 0 Å². The van der Waals surface area contributed by atoms with Crippen LogP contribution in [0.15, 0.2) is 46.8 Å². The number of para-hydroxylation sites is 1. The predicted octanol–water partition coefficient (Wildman–Crippen LogP) is 3.42. The molecule has 0 aliphatic heterocycles. The van der Waals surface area contributed by atoms with Crippen LogP contribution in [-0.2, 0) is 6.42 Å². The summed E-state index contributed by atoms with van der Waals surface area (Å²) in [5.74, 6) is 0.943. The first-order valence-corrected chi connectivity index (χ1v) is 6.43. The summed E-state index contributed by atoms with van der Waals surface area (Å²) in [6.07, 6.45) is 2.84. The molecule has 2 aromatic rings. The zero-order valence-corrected chi connectivity index (χ0v) is 10.6. The van der Waals surface area contributed by atoms with Crippen molar-refractivity contribution in [2.24, 2.45) is 4.99 Å². The van der Waals surface area contributed by atoms with Gasteiger partial charge >= 0.3 is 0 Å². The van der Waals surface area contributed by atoms with Crippen molar-refractivity contribution in [3.05, 3.63) is 52.2 Å². The van der Waals surface area contributed by atoms with Gasteiger partial charge in [0.25, 0.3) is 0 Å². The Balaban J connectivity index is 1.90. The lowest BCUT2D eigenvalue weighted by atomic mass is 10.1. The smallest absolute Gasteiger partial charge is 0.122 e. The minimum Gasteiger partial charge on any atom is -0.496 e. The highest BCUT2D eigenvalue weighted by atomic mass is 32.1. The van der Waals surface area contributed by atoms with Crippen molar-refractivity contribution in [2.75, 3.05) is 13.7 Å². The molecular weight excluding hydrogens is 230 g/mol. The maximum atomic E-state index is 5.30. The molecule has 0 saturated heterocycles. The minimum atomic E-state index is 0.790. The van der Waals surface area contributed by atoms with E-state index < -0.39 is 0 Å². The number of benzene rings is 1. The standard InChI is InChI=1S/C14H15NOS/c1-16-14-7-3-2-5-12(14)8-9-15-11-13-6-4-10-17-13/h2-7,10-11H,8-9H2,1H3. The zero-order valence-electron chi connectivity index (χ0n) is 9.80. The summed E-state index contributed by atoms with van der Waals surface area (Å²) in [7, 11) is 1.70. The molecule has 0 atom stereocenters. The highest BCUT2D eigenvalue weighted by molar-refractivity contribution is 7.11. The molecule has 2 rings (SSSR count). The fourth-order valence-electron chi connectivity index (χ4n) is 1.61. The molecule has 0 spiro atoms. The number of hydrogen-bond donors (Lipinski definition) is 0. The largest absolute Gasteiger partial charge is 0.496 e. The van der Waals surface area contributed by atoms with E-state index in [2.05, 4.69) is 22.5 Å². The third kappa shape index (κ3) is 3.43. The van der Waals surface area contributed by atoms with Gasteiger partial charge < -0.3 is 4.74 Å². The molecule has 0 N–H and O–H groups in total. The molecule has 0 radical (unpaired) electrons. The predicted molar refractivity (Wildman–Crippen MR) is 73.5 cm³/mol. The molecule has 0 bridgehead atoms. The maximum Gasteiger partial charge on any atom is 0.122 e. The van der Waals surface area contributed by atoms with Crippen molar-refractivity contribution in [1.82, 2.24) is 0 Å². The van der Waals surface area contributed by atoms with E-state index in [1.165, 1.54) is 10.4 Å². The van der Waals surface area contributed by atoms with E-state index in [0.29, 0.717) is 0 Å². The van der Waals surface area contributed by atoms with Gasteiger partial charge in [-0.1, -0.05) is 24.3 Å². The average Bonchev–Trinajstić information content (AvgIpc) is 2.88. The molecule has 17 heavy (non-hydrogen) atoms. The summed E-state index contributed by atoms with van der Waals surface area (Å²) >= 11 is 1.70. The number of thiophene rings is 1. The number of nitrogens with zero attached hydrogens (tertiary/aromatic N) is 1. The van der Waals surface area contributed by atoms with E-state index in [1.54, 1.807) is 18.4 Å². The van der Waals surface area contributed by atoms with Crippen LogP contribution in [0.5, 0.6) is 5.75 Å². The highest BCUT2D eigenvalue weighted by Crippen LogP contribution is 2.17. The van der Waals surface area contributed by atoms with E-state index >= 15 is 0 Å². The van der Waals surface area contributed by atoms with Gasteiger partial charge in [-0.25, -0.2) is 0 Å². The lowest BCUT2D eigenvalue weighted by Crippen LogP contribution is -1.94. The molecule has 0 fully saturated rings. The molecule has 1 aromatic carbocycles. The van der Waals surface area contributed by atoms with Gasteiger partial charge in [-0.05, 0) is 29.5 Å². The van der Waals surface area contributed by atoms with Crippen molar-refractivity contribution < 1.29 is 4.74 Å². The average molecular weight is 245 g/mol. The number of ether oxygens (including phenoxy) is 1. The van der Waals surface area contributed by atoms with Crippen molar-refractivity contribution in [2.45, 2.75) is 6.42 Å². The third-order valence-corrected chi connectivity index (χ3v) is 3.27. The quantitative estimate of drug-likeness (QED) is 0.740. The first-order valence-electron chi connectivity index (χ1n) is 5.55. The Hall–Kier alpha value is -1.61. The molecule has 0 aliphatic rings. The Kier molecular flexibility index (Phi) is 4.33. The molecule has 0 aliphatic carbocycles. The second kappa shape index (κ2) is 6.21. The van der Waals surface area contributed by atoms with Crippen molar-refractivity contribution >= 4 is 17.6 Å². The molecule has 88 valence electrons. The van der Waals surface area contributed by atoms with E-state index in [9.17, 15) is 0 Å². The van der Waals surface area contributed by atoms with E-state index in [0.717, 1.165) is 18.7 Å². The van der Waals surface area contributed by atoms with Crippen LogP contribution in [0.3, 0.4) is 0 Å².